The minimum atomic E-state index is -6.58. The van der Waals surface area contributed by atoms with Crippen molar-refractivity contribution in [2.75, 3.05) is 13.9 Å². The van der Waals surface area contributed by atoms with Crippen LogP contribution in [0.15, 0.2) is 0 Å². The fraction of sp³-hybridized carbons (Fsp3) is 1.00. The van der Waals surface area contributed by atoms with Gasteiger partial charge in [-0.2, -0.15) is 17.6 Å². The molecule has 0 aliphatic carbocycles. The molecule has 0 aliphatic rings. The average molecular weight is 496 g/mol. The van der Waals surface area contributed by atoms with Crippen LogP contribution in [0, 0.1) is 10.8 Å². The van der Waals surface area contributed by atoms with Crippen LogP contribution in [-0.2, 0) is 4.74 Å². The molecule has 0 aromatic heterocycles. The number of halogens is 14. The van der Waals surface area contributed by atoms with Gasteiger partial charge in [-0.3, -0.25) is 9.13 Å². The molecule has 0 aromatic rings. The predicted octanol–water partition coefficient (Wildman–Crippen LogP) is 7.75. The molecule has 190 valence electrons. The first-order chi connectivity index (χ1) is 13.3. The molecule has 0 atom stereocenters. The van der Waals surface area contributed by atoms with Gasteiger partial charge < -0.3 is 0 Å². The molecule has 0 spiro atoms. The van der Waals surface area contributed by atoms with Crippen LogP contribution in [0.4, 0.5) is 61.5 Å². The van der Waals surface area contributed by atoms with E-state index in [1.807, 2.05) is 0 Å². The fourth-order valence-electron chi connectivity index (χ4n) is 3.27. The Hall–Kier alpha value is -1.02. The Bertz CT molecular complexity index is 487. The third-order valence-electron chi connectivity index (χ3n) is 4.98. The molecule has 1 nitrogen and oxygen atoms in total. The molecule has 0 bridgehead atoms. The summed E-state index contributed by atoms with van der Waals surface area (Å²) in [5, 5.41) is 0. The largest absolute Gasteiger partial charge is 0.380 e. The van der Waals surface area contributed by atoms with Crippen molar-refractivity contribution in [2.24, 2.45) is 10.8 Å². The predicted molar refractivity (Wildman–Crippen MR) is 81.6 cm³/mol. The lowest BCUT2D eigenvalue weighted by Gasteiger charge is -2.50. The summed E-state index contributed by atoms with van der Waals surface area (Å²) in [6, 6.07) is 0. The van der Waals surface area contributed by atoms with E-state index in [4.69, 9.17) is 0 Å². The monoisotopic (exact) mass is 496 g/mol. The lowest BCUT2D eigenvalue weighted by Crippen LogP contribution is -2.69. The number of ether oxygens (including phenoxy) is 1. The van der Waals surface area contributed by atoms with Gasteiger partial charge in [0.15, 0.2) is 5.41 Å². The van der Waals surface area contributed by atoms with Crippen LogP contribution in [0.3, 0.4) is 0 Å². The van der Waals surface area contributed by atoms with Crippen molar-refractivity contribution >= 4 is 0 Å². The molecule has 15 heteroatoms. The van der Waals surface area contributed by atoms with Crippen molar-refractivity contribution in [3.8, 4) is 0 Å². The van der Waals surface area contributed by atoms with E-state index < -0.39 is 87.5 Å². The maximum absolute atomic E-state index is 14.4. The van der Waals surface area contributed by atoms with Crippen LogP contribution in [-0.4, -0.2) is 49.8 Å². The summed E-state index contributed by atoms with van der Waals surface area (Å²) < 4.78 is 192. The summed E-state index contributed by atoms with van der Waals surface area (Å²) in [5.74, 6) is -21.3. The molecule has 0 aromatic carbocycles. The Labute approximate surface area is 169 Å². The lowest BCUT2D eigenvalue weighted by atomic mass is 9.72. The molecule has 31 heavy (non-hydrogen) atoms. The van der Waals surface area contributed by atoms with E-state index in [0.29, 0.717) is 14.1 Å². The van der Waals surface area contributed by atoms with Crippen molar-refractivity contribution in [3.63, 3.8) is 0 Å². The first-order valence-corrected chi connectivity index (χ1v) is 8.24. The first-order valence-electron chi connectivity index (χ1n) is 8.24. The number of hydrogen-bond acceptors (Lipinski definition) is 1. The Morgan fingerprint density at radius 3 is 0.903 bits per heavy atom. The molecule has 0 aliphatic heterocycles. The third kappa shape index (κ3) is 5.00. The summed E-state index contributed by atoms with van der Waals surface area (Å²) in [5.41, 5.74) is -10.7. The van der Waals surface area contributed by atoms with Crippen LogP contribution >= 0.6 is 0 Å². The van der Waals surface area contributed by atoms with Crippen molar-refractivity contribution in [3.05, 3.63) is 0 Å². The molecular formula is C16H22F14O. The van der Waals surface area contributed by atoms with Crippen LogP contribution in [0.5, 0.6) is 0 Å². The second kappa shape index (κ2) is 9.08. The average Bonchev–Trinajstić information content (AvgIpc) is 2.42. The van der Waals surface area contributed by atoms with E-state index in [1.54, 1.807) is 0 Å². The second-order valence-electron chi connectivity index (χ2n) is 6.99. The van der Waals surface area contributed by atoms with Gasteiger partial charge >= 0.3 is 12.2 Å². The minimum Gasteiger partial charge on any atom is -0.255 e. The standard InChI is InChI=1S/C15H19F13O.CH3F/c1-6-12(8(2,17)18,9(3,19)20)14(25,26)29-15(27,28)13(7-16,10(4,21)22)11(5,23)24;1-2/h6-7H2,1-5H3;1H3. The molecule has 0 N–H and O–H groups in total. The zero-order chi connectivity index (χ0) is 26.1. The fourth-order valence-corrected chi connectivity index (χ4v) is 3.27. The van der Waals surface area contributed by atoms with Crippen molar-refractivity contribution < 1.29 is 66.2 Å². The van der Waals surface area contributed by atoms with Crippen LogP contribution < -0.4 is 0 Å². The Kier molecular flexibility index (Phi) is 9.42. The minimum absolute atomic E-state index is 0.301. The Morgan fingerprint density at radius 2 is 0.742 bits per heavy atom. The van der Waals surface area contributed by atoms with E-state index >= 15 is 0 Å². The summed E-state index contributed by atoms with van der Waals surface area (Å²) in [4.78, 5) is 0. The summed E-state index contributed by atoms with van der Waals surface area (Å²) >= 11 is 0. The SMILES string of the molecule is CCC(C(C)(F)F)(C(C)(F)F)C(F)(F)OC(F)(F)C(CF)(C(C)(F)F)C(C)(F)F.CF. The second-order valence-corrected chi connectivity index (χ2v) is 6.99. The highest BCUT2D eigenvalue weighted by Gasteiger charge is 2.83. The zero-order valence-electron chi connectivity index (χ0n) is 17.1. The summed E-state index contributed by atoms with van der Waals surface area (Å²) in [6.45, 7) is -5.42. The lowest BCUT2D eigenvalue weighted by molar-refractivity contribution is -0.501. The van der Waals surface area contributed by atoms with E-state index in [1.165, 1.54) is 0 Å². The maximum Gasteiger partial charge on any atom is 0.380 e. The topological polar surface area (TPSA) is 9.23 Å². The smallest absolute Gasteiger partial charge is 0.255 e. The number of rotatable bonds is 10. The number of hydrogen-bond donors (Lipinski definition) is 0. The molecule has 0 saturated heterocycles. The van der Waals surface area contributed by atoms with Crippen LogP contribution in [0.1, 0.15) is 41.0 Å². The van der Waals surface area contributed by atoms with Gasteiger partial charge in [-0.1, -0.05) is 6.92 Å². The zero-order valence-corrected chi connectivity index (χ0v) is 17.1. The van der Waals surface area contributed by atoms with Crippen LogP contribution in [0.2, 0.25) is 0 Å². The summed E-state index contributed by atoms with van der Waals surface area (Å²) in [7, 11) is 0.500. The molecular weight excluding hydrogens is 474 g/mol. The van der Waals surface area contributed by atoms with Gasteiger partial charge in [0.05, 0.1) is 7.18 Å². The molecule has 0 unspecified atom stereocenters. The van der Waals surface area contributed by atoms with Crippen molar-refractivity contribution in [2.45, 2.75) is 76.9 Å². The van der Waals surface area contributed by atoms with E-state index in [2.05, 4.69) is 4.74 Å². The third-order valence-corrected chi connectivity index (χ3v) is 4.98. The van der Waals surface area contributed by atoms with Crippen molar-refractivity contribution in [1.29, 1.82) is 0 Å². The highest BCUT2D eigenvalue weighted by molar-refractivity contribution is 5.08. The van der Waals surface area contributed by atoms with Gasteiger partial charge in [-0.25, -0.2) is 39.5 Å². The van der Waals surface area contributed by atoms with Gasteiger partial charge in [0.2, 0.25) is 5.41 Å². The molecule has 0 radical (unpaired) electrons. The summed E-state index contributed by atoms with van der Waals surface area (Å²) in [6.07, 6.45) is -14.9. The van der Waals surface area contributed by atoms with E-state index in [-0.39, 0.29) is 0 Å². The number of alkyl halides is 14. The molecule has 0 heterocycles. The first kappa shape index (κ1) is 32.2. The van der Waals surface area contributed by atoms with Gasteiger partial charge in [-0.05, 0) is 6.42 Å². The normalized spacial score (nSPS) is 15.5. The molecule has 0 fully saturated rings. The van der Waals surface area contributed by atoms with Crippen molar-refractivity contribution in [1.82, 2.24) is 0 Å². The van der Waals surface area contributed by atoms with Crippen LogP contribution in [0.25, 0.3) is 0 Å². The molecule has 0 rings (SSSR count). The molecule has 0 amide bonds. The van der Waals surface area contributed by atoms with Gasteiger partial charge in [0, 0.05) is 27.7 Å². The highest BCUT2D eigenvalue weighted by Crippen LogP contribution is 2.64. The Morgan fingerprint density at radius 1 is 0.516 bits per heavy atom. The van der Waals surface area contributed by atoms with E-state index in [9.17, 15) is 61.5 Å². The quantitative estimate of drug-likeness (QED) is 0.281. The van der Waals surface area contributed by atoms with E-state index in [0.717, 1.165) is 0 Å². The van der Waals surface area contributed by atoms with Gasteiger partial charge in [-0.15, -0.1) is 0 Å². The highest BCUT2D eigenvalue weighted by atomic mass is 19.3. The Balaban J connectivity index is 0. The van der Waals surface area contributed by atoms with Gasteiger partial charge in [0.25, 0.3) is 23.7 Å². The van der Waals surface area contributed by atoms with Gasteiger partial charge in [0.1, 0.15) is 6.67 Å². The molecule has 0 saturated carbocycles. The maximum atomic E-state index is 14.4.